The molecule has 0 atom stereocenters. The molecule has 1 N–H and O–H groups in total. The maximum atomic E-state index is 12.6. The lowest BCUT2D eigenvalue weighted by atomic mass is 10.1. The smallest absolute Gasteiger partial charge is 0.256 e. The second kappa shape index (κ2) is 6.21. The molecule has 2 amide bonds. The number of H-pyrrole nitrogens is 1. The Hall–Kier alpha value is -2.63. The van der Waals surface area contributed by atoms with Gasteiger partial charge in [0.25, 0.3) is 5.91 Å². The number of imidazole rings is 1. The average Bonchev–Trinajstić information content (AvgIpc) is 2.98. The molecule has 0 radical (unpaired) electrons. The highest BCUT2D eigenvalue weighted by molar-refractivity contribution is 6.03. The maximum absolute atomic E-state index is 12.6. The van der Waals surface area contributed by atoms with Gasteiger partial charge in [-0.25, -0.2) is 4.98 Å². The lowest BCUT2D eigenvalue weighted by molar-refractivity contribution is -0.116. The zero-order valence-electron chi connectivity index (χ0n) is 12.3. The zero-order valence-corrected chi connectivity index (χ0v) is 12.3. The number of aromatic nitrogens is 2. The molecular weight excluding hydrogens is 268 g/mol. The van der Waals surface area contributed by atoms with E-state index in [1.807, 2.05) is 0 Å². The normalized spacial score (nSPS) is 10.2. The third-order valence-electron chi connectivity index (χ3n) is 3.26. The minimum Gasteiger partial charge on any atom is -0.347 e. The van der Waals surface area contributed by atoms with Crippen molar-refractivity contribution in [1.29, 1.82) is 0 Å². The molecule has 0 unspecified atom stereocenters. The summed E-state index contributed by atoms with van der Waals surface area (Å²) in [6.07, 6.45) is 3.36. The van der Waals surface area contributed by atoms with Crippen molar-refractivity contribution in [3.63, 3.8) is 0 Å². The van der Waals surface area contributed by atoms with Crippen LogP contribution in [0.5, 0.6) is 0 Å². The average molecular weight is 286 g/mol. The summed E-state index contributed by atoms with van der Waals surface area (Å²) < 4.78 is 0. The number of nitrogens with zero attached hydrogens (tertiary/aromatic N) is 3. The van der Waals surface area contributed by atoms with Gasteiger partial charge in [0.2, 0.25) is 5.91 Å². The Kier molecular flexibility index (Phi) is 4.37. The summed E-state index contributed by atoms with van der Waals surface area (Å²) in [6.45, 7) is 1.85. The summed E-state index contributed by atoms with van der Waals surface area (Å²) >= 11 is 0. The molecule has 2 aromatic rings. The zero-order chi connectivity index (χ0) is 15.4. The minimum absolute atomic E-state index is 0.121. The second-order valence-electron chi connectivity index (χ2n) is 4.79. The van der Waals surface area contributed by atoms with E-state index in [0.29, 0.717) is 23.6 Å². The van der Waals surface area contributed by atoms with Crippen molar-refractivity contribution >= 4 is 17.5 Å². The van der Waals surface area contributed by atoms with Gasteiger partial charge in [0.1, 0.15) is 5.82 Å². The van der Waals surface area contributed by atoms with Crippen molar-refractivity contribution in [2.75, 3.05) is 19.0 Å². The molecular formula is C15H18N4O2. The number of aromatic amines is 1. The first-order valence-electron chi connectivity index (χ1n) is 6.57. The van der Waals surface area contributed by atoms with Gasteiger partial charge in [-0.3, -0.25) is 9.59 Å². The third-order valence-corrected chi connectivity index (χ3v) is 3.26. The van der Waals surface area contributed by atoms with Crippen molar-refractivity contribution in [3.05, 3.63) is 48.0 Å². The van der Waals surface area contributed by atoms with Gasteiger partial charge in [0.05, 0.1) is 17.8 Å². The van der Waals surface area contributed by atoms with Crippen molar-refractivity contribution < 1.29 is 9.59 Å². The van der Waals surface area contributed by atoms with E-state index in [0.717, 1.165) is 0 Å². The molecule has 0 aliphatic heterocycles. The molecule has 1 heterocycles. The molecule has 0 fully saturated rings. The lowest BCUT2D eigenvalue weighted by Gasteiger charge is -2.22. The van der Waals surface area contributed by atoms with E-state index in [4.69, 9.17) is 0 Å². The van der Waals surface area contributed by atoms with E-state index in [1.165, 1.54) is 11.8 Å². The Morgan fingerprint density at radius 3 is 2.57 bits per heavy atom. The standard InChI is InChI=1S/C15H18N4O2/c1-11(20)19(3)13-7-5-4-6-12(13)15(21)18(2)10-14-16-8-9-17-14/h4-9H,10H2,1-3H3,(H,16,17). The lowest BCUT2D eigenvalue weighted by Crippen LogP contribution is -2.30. The van der Waals surface area contributed by atoms with Gasteiger partial charge in [0, 0.05) is 33.4 Å². The van der Waals surface area contributed by atoms with Crippen molar-refractivity contribution in [3.8, 4) is 0 Å². The molecule has 21 heavy (non-hydrogen) atoms. The van der Waals surface area contributed by atoms with Gasteiger partial charge in [-0.15, -0.1) is 0 Å². The summed E-state index contributed by atoms with van der Waals surface area (Å²) in [5.41, 5.74) is 1.09. The topological polar surface area (TPSA) is 69.3 Å². The third kappa shape index (κ3) is 3.28. The molecule has 0 spiro atoms. The molecule has 1 aromatic carbocycles. The number of carbonyl (C=O) groups is 2. The van der Waals surface area contributed by atoms with Crippen LogP contribution in [0.4, 0.5) is 5.69 Å². The number of benzene rings is 1. The number of hydrogen-bond donors (Lipinski definition) is 1. The molecule has 0 saturated carbocycles. The number of hydrogen-bond acceptors (Lipinski definition) is 3. The number of nitrogens with one attached hydrogen (secondary N) is 1. The molecule has 0 bridgehead atoms. The van der Waals surface area contributed by atoms with Crippen molar-refractivity contribution in [2.45, 2.75) is 13.5 Å². The fraction of sp³-hybridized carbons (Fsp3) is 0.267. The van der Waals surface area contributed by atoms with Crippen LogP contribution in [-0.4, -0.2) is 40.8 Å². The van der Waals surface area contributed by atoms with E-state index >= 15 is 0 Å². The number of amides is 2. The van der Waals surface area contributed by atoms with Gasteiger partial charge >= 0.3 is 0 Å². The summed E-state index contributed by atoms with van der Waals surface area (Å²) in [6, 6.07) is 7.06. The largest absolute Gasteiger partial charge is 0.347 e. The summed E-state index contributed by atoms with van der Waals surface area (Å²) in [5.74, 6) is 0.433. The second-order valence-corrected chi connectivity index (χ2v) is 4.79. The summed E-state index contributed by atoms with van der Waals surface area (Å²) in [7, 11) is 3.36. The van der Waals surface area contributed by atoms with Gasteiger partial charge in [-0.05, 0) is 12.1 Å². The monoisotopic (exact) mass is 286 g/mol. The van der Waals surface area contributed by atoms with E-state index in [1.54, 1.807) is 55.7 Å². The highest BCUT2D eigenvalue weighted by Crippen LogP contribution is 2.21. The van der Waals surface area contributed by atoms with Crippen LogP contribution in [0, 0.1) is 0 Å². The van der Waals surface area contributed by atoms with Crippen molar-refractivity contribution in [1.82, 2.24) is 14.9 Å². The number of rotatable bonds is 4. The predicted octanol–water partition coefficient (Wildman–Crippen LogP) is 1.66. The number of carbonyl (C=O) groups excluding carboxylic acids is 2. The molecule has 6 heteroatoms. The highest BCUT2D eigenvalue weighted by atomic mass is 16.2. The molecule has 0 aliphatic carbocycles. The SMILES string of the molecule is CC(=O)N(C)c1ccccc1C(=O)N(C)Cc1ncc[nH]1. The summed E-state index contributed by atoms with van der Waals surface area (Å²) in [4.78, 5) is 34.2. The highest BCUT2D eigenvalue weighted by Gasteiger charge is 2.19. The van der Waals surface area contributed by atoms with E-state index in [9.17, 15) is 9.59 Å². The van der Waals surface area contributed by atoms with Gasteiger partial charge < -0.3 is 14.8 Å². The molecule has 1 aromatic heterocycles. The van der Waals surface area contributed by atoms with Crippen LogP contribution < -0.4 is 4.90 Å². The van der Waals surface area contributed by atoms with Crippen LogP contribution in [0.3, 0.4) is 0 Å². The molecule has 0 saturated heterocycles. The molecule has 110 valence electrons. The van der Waals surface area contributed by atoms with Crippen LogP contribution in [-0.2, 0) is 11.3 Å². The number of anilines is 1. The molecule has 2 rings (SSSR count). The van der Waals surface area contributed by atoms with Gasteiger partial charge in [-0.1, -0.05) is 12.1 Å². The predicted molar refractivity (Wildman–Crippen MR) is 79.9 cm³/mol. The first kappa shape index (κ1) is 14.8. The fourth-order valence-electron chi connectivity index (χ4n) is 2.00. The van der Waals surface area contributed by atoms with Crippen molar-refractivity contribution in [2.24, 2.45) is 0 Å². The van der Waals surface area contributed by atoms with E-state index in [2.05, 4.69) is 9.97 Å². The van der Waals surface area contributed by atoms with Crippen LogP contribution in [0.1, 0.15) is 23.1 Å². The van der Waals surface area contributed by atoms with E-state index in [-0.39, 0.29) is 11.8 Å². The first-order chi connectivity index (χ1) is 10.0. The maximum Gasteiger partial charge on any atom is 0.256 e. The Balaban J connectivity index is 2.24. The Morgan fingerprint density at radius 1 is 1.24 bits per heavy atom. The Labute approximate surface area is 123 Å². The van der Waals surface area contributed by atoms with Crippen LogP contribution >= 0.6 is 0 Å². The first-order valence-corrected chi connectivity index (χ1v) is 6.57. The van der Waals surface area contributed by atoms with Gasteiger partial charge in [0.15, 0.2) is 0 Å². The van der Waals surface area contributed by atoms with Crippen LogP contribution in [0.2, 0.25) is 0 Å². The Bertz CT molecular complexity index is 637. The summed E-state index contributed by atoms with van der Waals surface area (Å²) in [5, 5.41) is 0. The van der Waals surface area contributed by atoms with Crippen LogP contribution in [0.15, 0.2) is 36.7 Å². The molecule has 6 nitrogen and oxygen atoms in total. The molecule has 0 aliphatic rings. The fourth-order valence-corrected chi connectivity index (χ4v) is 2.00. The quantitative estimate of drug-likeness (QED) is 0.929. The van der Waals surface area contributed by atoms with Gasteiger partial charge in [-0.2, -0.15) is 0 Å². The number of para-hydroxylation sites is 1. The minimum atomic E-state index is -0.157. The van der Waals surface area contributed by atoms with Crippen LogP contribution in [0.25, 0.3) is 0 Å². The Morgan fingerprint density at radius 2 is 1.95 bits per heavy atom. The van der Waals surface area contributed by atoms with E-state index < -0.39 is 0 Å².